The Morgan fingerprint density at radius 1 is 1.62 bits per heavy atom. The number of carboxylic acids is 1. The Morgan fingerprint density at radius 2 is 2.31 bits per heavy atom. The molecule has 2 nitrogen and oxygen atoms in total. The lowest BCUT2D eigenvalue weighted by Crippen LogP contribution is -1.99. The lowest BCUT2D eigenvalue weighted by molar-refractivity contribution is 0.0697. The zero-order valence-corrected chi connectivity index (χ0v) is 10.4. The van der Waals surface area contributed by atoms with E-state index in [0.717, 1.165) is 12.0 Å². The summed E-state index contributed by atoms with van der Waals surface area (Å²) in [5.74, 6) is -0.874. The molecule has 1 atom stereocenters. The zero-order valence-electron chi connectivity index (χ0n) is 6.71. The summed E-state index contributed by atoms with van der Waals surface area (Å²) in [6, 6.07) is 7.00. The fourth-order valence-electron chi connectivity index (χ4n) is 1.01. The van der Waals surface area contributed by atoms with Gasteiger partial charge in [0.2, 0.25) is 0 Å². The Morgan fingerprint density at radius 3 is 2.85 bits per heavy atom. The highest BCUT2D eigenvalue weighted by Gasteiger charge is 2.05. The van der Waals surface area contributed by atoms with E-state index in [1.54, 1.807) is 18.2 Å². The SMILES string of the molecule is O=C(O)c1cccc(CC(Br)I)c1. The zero-order chi connectivity index (χ0) is 9.84. The molecule has 1 unspecified atom stereocenters. The number of halogens is 2. The van der Waals surface area contributed by atoms with E-state index >= 15 is 0 Å². The van der Waals surface area contributed by atoms with Crippen LogP contribution >= 0.6 is 38.5 Å². The number of aromatic carboxylic acids is 1. The first-order chi connectivity index (χ1) is 6.09. The maximum absolute atomic E-state index is 10.6. The highest BCUT2D eigenvalue weighted by atomic mass is 127. The summed E-state index contributed by atoms with van der Waals surface area (Å²) in [7, 11) is 0. The molecule has 0 saturated heterocycles. The van der Waals surface area contributed by atoms with Crippen molar-refractivity contribution in [1.29, 1.82) is 0 Å². The van der Waals surface area contributed by atoms with Crippen LogP contribution in [0.3, 0.4) is 0 Å². The van der Waals surface area contributed by atoms with Crippen LogP contribution in [0.1, 0.15) is 15.9 Å². The van der Waals surface area contributed by atoms with E-state index in [-0.39, 0.29) is 0 Å². The molecule has 0 amide bonds. The third-order valence-electron chi connectivity index (χ3n) is 1.56. The normalized spacial score (nSPS) is 12.5. The van der Waals surface area contributed by atoms with Crippen molar-refractivity contribution in [3.05, 3.63) is 35.4 Å². The second kappa shape index (κ2) is 4.95. The molecule has 0 bridgehead atoms. The predicted molar refractivity (Wildman–Crippen MR) is 63.8 cm³/mol. The maximum Gasteiger partial charge on any atom is 0.335 e. The lowest BCUT2D eigenvalue weighted by atomic mass is 10.1. The van der Waals surface area contributed by atoms with E-state index in [4.69, 9.17) is 5.11 Å². The van der Waals surface area contributed by atoms with Crippen molar-refractivity contribution >= 4 is 44.5 Å². The van der Waals surface area contributed by atoms with E-state index in [1.807, 2.05) is 6.07 Å². The molecular formula is C9H8BrIO2. The molecule has 70 valence electrons. The molecule has 1 aromatic rings. The van der Waals surface area contributed by atoms with Crippen LogP contribution < -0.4 is 0 Å². The number of carboxylic acid groups (broad SMARTS) is 1. The van der Waals surface area contributed by atoms with E-state index in [9.17, 15) is 4.79 Å². The molecule has 1 rings (SSSR count). The second-order valence-electron chi connectivity index (χ2n) is 2.60. The average molecular weight is 355 g/mol. The average Bonchev–Trinajstić information content (AvgIpc) is 2.03. The minimum absolute atomic E-state index is 0.342. The first-order valence-corrected chi connectivity index (χ1v) is 5.86. The summed E-state index contributed by atoms with van der Waals surface area (Å²) in [4.78, 5) is 10.6. The van der Waals surface area contributed by atoms with Crippen LogP contribution in [0.25, 0.3) is 0 Å². The van der Waals surface area contributed by atoms with E-state index < -0.39 is 5.97 Å². The highest BCUT2D eigenvalue weighted by molar-refractivity contribution is 14.1. The van der Waals surface area contributed by atoms with Gasteiger partial charge >= 0.3 is 5.97 Å². The summed E-state index contributed by atoms with van der Waals surface area (Å²) < 4.78 is 0.342. The predicted octanol–water partition coefficient (Wildman–Crippen LogP) is 3.08. The number of carbonyl (C=O) groups is 1. The van der Waals surface area contributed by atoms with Crippen LogP contribution in [-0.2, 0) is 6.42 Å². The van der Waals surface area contributed by atoms with Gasteiger partial charge in [-0.05, 0) is 24.1 Å². The Balaban J connectivity index is 2.85. The molecule has 0 saturated carbocycles. The molecule has 0 aromatic heterocycles. The summed E-state index contributed by atoms with van der Waals surface area (Å²) in [5.41, 5.74) is 1.39. The van der Waals surface area contributed by atoms with Crippen LogP contribution in [-0.4, -0.2) is 13.9 Å². The Bertz CT molecular complexity index is 312. The fraction of sp³-hybridized carbons (Fsp3) is 0.222. The lowest BCUT2D eigenvalue weighted by Gasteiger charge is -2.02. The highest BCUT2D eigenvalue weighted by Crippen LogP contribution is 2.16. The fourth-order valence-corrected chi connectivity index (χ4v) is 1.89. The van der Waals surface area contributed by atoms with Crippen molar-refractivity contribution in [2.24, 2.45) is 0 Å². The second-order valence-corrected chi connectivity index (χ2v) is 6.92. The van der Waals surface area contributed by atoms with Crippen molar-refractivity contribution in [3.63, 3.8) is 0 Å². The summed E-state index contributed by atoms with van der Waals surface area (Å²) >= 11 is 5.66. The quantitative estimate of drug-likeness (QED) is 0.669. The van der Waals surface area contributed by atoms with Crippen LogP contribution in [0.5, 0.6) is 0 Å². The van der Waals surface area contributed by atoms with Crippen LogP contribution in [0, 0.1) is 0 Å². The van der Waals surface area contributed by atoms with Gasteiger partial charge in [0.1, 0.15) is 0 Å². The van der Waals surface area contributed by atoms with Crippen LogP contribution in [0.4, 0.5) is 0 Å². The van der Waals surface area contributed by atoms with E-state index in [2.05, 4.69) is 38.5 Å². The van der Waals surface area contributed by atoms with Crippen LogP contribution in [0.2, 0.25) is 0 Å². The Kier molecular flexibility index (Phi) is 4.18. The minimum atomic E-state index is -0.874. The molecule has 0 radical (unpaired) electrons. The van der Waals surface area contributed by atoms with Gasteiger partial charge in [-0.3, -0.25) is 0 Å². The molecular weight excluding hydrogens is 347 g/mol. The van der Waals surface area contributed by atoms with Gasteiger partial charge in [0.25, 0.3) is 0 Å². The van der Waals surface area contributed by atoms with Crippen LogP contribution in [0.15, 0.2) is 24.3 Å². The molecule has 0 fully saturated rings. The van der Waals surface area contributed by atoms with E-state index in [1.165, 1.54) is 0 Å². The van der Waals surface area contributed by atoms with Gasteiger partial charge in [-0.15, -0.1) is 0 Å². The van der Waals surface area contributed by atoms with Crippen molar-refractivity contribution < 1.29 is 9.90 Å². The van der Waals surface area contributed by atoms with Gasteiger partial charge in [0.05, 0.1) is 8.40 Å². The molecule has 0 aliphatic carbocycles. The number of alkyl halides is 2. The molecule has 4 heteroatoms. The third-order valence-corrected chi connectivity index (χ3v) is 2.33. The summed E-state index contributed by atoms with van der Waals surface area (Å²) in [5, 5.41) is 8.73. The molecule has 0 aliphatic rings. The van der Waals surface area contributed by atoms with Gasteiger partial charge in [-0.25, -0.2) is 4.79 Å². The molecule has 1 N–H and O–H groups in total. The summed E-state index contributed by atoms with van der Waals surface area (Å²) in [6.07, 6.45) is 0.835. The molecule has 0 aliphatic heterocycles. The van der Waals surface area contributed by atoms with Crippen molar-refractivity contribution in [3.8, 4) is 0 Å². The van der Waals surface area contributed by atoms with Gasteiger partial charge in [0.15, 0.2) is 0 Å². The first-order valence-electron chi connectivity index (χ1n) is 3.70. The summed E-state index contributed by atoms with van der Waals surface area (Å²) in [6.45, 7) is 0. The van der Waals surface area contributed by atoms with Crippen molar-refractivity contribution in [1.82, 2.24) is 0 Å². The Hall–Kier alpha value is -0.100. The minimum Gasteiger partial charge on any atom is -0.478 e. The number of benzene rings is 1. The monoisotopic (exact) mass is 354 g/mol. The number of rotatable bonds is 3. The molecule has 1 aromatic carbocycles. The van der Waals surface area contributed by atoms with Gasteiger partial charge in [-0.2, -0.15) is 0 Å². The number of hydrogen-bond donors (Lipinski definition) is 1. The first kappa shape index (κ1) is 11.0. The standard InChI is InChI=1S/C9H8BrIO2/c10-8(11)5-6-2-1-3-7(4-6)9(12)13/h1-4,8H,5H2,(H,12,13). The largest absolute Gasteiger partial charge is 0.478 e. The van der Waals surface area contributed by atoms with Crippen molar-refractivity contribution in [2.75, 3.05) is 0 Å². The van der Waals surface area contributed by atoms with Gasteiger partial charge in [-0.1, -0.05) is 50.7 Å². The molecule has 0 spiro atoms. The van der Waals surface area contributed by atoms with Crippen molar-refractivity contribution in [2.45, 2.75) is 9.25 Å². The third kappa shape index (κ3) is 3.64. The van der Waals surface area contributed by atoms with E-state index in [0.29, 0.717) is 8.40 Å². The Labute approximate surface area is 98.6 Å². The molecule has 13 heavy (non-hydrogen) atoms. The van der Waals surface area contributed by atoms with Gasteiger partial charge < -0.3 is 5.11 Å². The molecule has 0 heterocycles. The van der Waals surface area contributed by atoms with Gasteiger partial charge in [0, 0.05) is 0 Å². The number of hydrogen-bond acceptors (Lipinski definition) is 1. The topological polar surface area (TPSA) is 37.3 Å². The smallest absolute Gasteiger partial charge is 0.335 e. The maximum atomic E-state index is 10.6.